The number of rotatable bonds is 4. The van der Waals surface area contributed by atoms with Crippen LogP contribution < -0.4 is 0 Å². The maximum atomic E-state index is 11.7. The number of carbonyl (C=O) groups is 2. The van der Waals surface area contributed by atoms with Crippen LogP contribution >= 0.6 is 0 Å². The molecule has 0 fully saturated rings. The first kappa shape index (κ1) is 12.1. The van der Waals surface area contributed by atoms with Crippen molar-refractivity contribution in [3.63, 3.8) is 0 Å². The second kappa shape index (κ2) is 5.79. The van der Waals surface area contributed by atoms with Gasteiger partial charge in [-0.25, -0.2) is 18.4 Å². The second-order valence-electron chi connectivity index (χ2n) is 2.66. The molecule has 16 heavy (non-hydrogen) atoms. The van der Waals surface area contributed by atoms with E-state index in [0.29, 0.717) is 0 Å². The first-order valence-electron chi connectivity index (χ1n) is 4.25. The first-order chi connectivity index (χ1) is 7.69. The number of carbonyl (C=O) groups excluding carboxylic acids is 2. The molecular weight excluding hydrogens is 222 g/mol. The lowest BCUT2D eigenvalue weighted by atomic mass is 10.1. The fourth-order valence-corrected chi connectivity index (χ4v) is 1.04. The zero-order valence-corrected chi connectivity index (χ0v) is 8.11. The van der Waals surface area contributed by atoms with Crippen LogP contribution in [-0.4, -0.2) is 25.7 Å². The highest BCUT2D eigenvalue weighted by Crippen LogP contribution is 2.08. The summed E-state index contributed by atoms with van der Waals surface area (Å²) in [6, 6.07) is 5.19. The molecule has 1 rings (SSSR count). The SMILES string of the molecule is O=C(OCF)c1cccc(C(=O)OCF)c1. The highest BCUT2D eigenvalue weighted by atomic mass is 19.1. The van der Waals surface area contributed by atoms with Gasteiger partial charge in [0.1, 0.15) is 0 Å². The molecule has 0 saturated carbocycles. The lowest BCUT2D eigenvalue weighted by molar-refractivity contribution is 0.0324. The fraction of sp³-hybridized carbons (Fsp3) is 0.200. The molecule has 1 aromatic rings. The Morgan fingerprint density at radius 1 is 1.00 bits per heavy atom. The van der Waals surface area contributed by atoms with E-state index < -0.39 is 25.7 Å². The number of hydrogen-bond acceptors (Lipinski definition) is 4. The van der Waals surface area contributed by atoms with Crippen molar-refractivity contribution < 1.29 is 27.8 Å². The van der Waals surface area contributed by atoms with Gasteiger partial charge in [0, 0.05) is 0 Å². The van der Waals surface area contributed by atoms with Gasteiger partial charge in [-0.2, -0.15) is 0 Å². The quantitative estimate of drug-likeness (QED) is 0.741. The van der Waals surface area contributed by atoms with Crippen molar-refractivity contribution >= 4 is 11.9 Å². The molecule has 0 aliphatic rings. The van der Waals surface area contributed by atoms with Crippen LogP contribution in [0.1, 0.15) is 20.7 Å². The molecule has 0 aliphatic heterocycles. The van der Waals surface area contributed by atoms with Crippen molar-refractivity contribution in [3.8, 4) is 0 Å². The van der Waals surface area contributed by atoms with Crippen LogP contribution in [0, 0.1) is 0 Å². The van der Waals surface area contributed by atoms with Gasteiger partial charge in [-0.05, 0) is 18.2 Å². The van der Waals surface area contributed by atoms with E-state index in [9.17, 15) is 18.4 Å². The van der Waals surface area contributed by atoms with Crippen molar-refractivity contribution in [1.82, 2.24) is 0 Å². The van der Waals surface area contributed by atoms with Gasteiger partial charge in [-0.1, -0.05) is 6.07 Å². The summed E-state index contributed by atoms with van der Waals surface area (Å²) in [6.45, 7) is -2.50. The third-order valence-electron chi connectivity index (χ3n) is 1.71. The van der Waals surface area contributed by atoms with Gasteiger partial charge in [0.25, 0.3) is 0 Å². The molecule has 0 atom stereocenters. The molecule has 86 valence electrons. The van der Waals surface area contributed by atoms with Gasteiger partial charge in [-0.3, -0.25) is 0 Å². The Kier molecular flexibility index (Phi) is 4.38. The van der Waals surface area contributed by atoms with E-state index in [-0.39, 0.29) is 11.1 Å². The van der Waals surface area contributed by atoms with E-state index >= 15 is 0 Å². The minimum absolute atomic E-state index is 0.00837. The second-order valence-corrected chi connectivity index (χ2v) is 2.66. The number of benzene rings is 1. The summed E-state index contributed by atoms with van der Waals surface area (Å²) < 4.78 is 31.6. The molecule has 0 amide bonds. The molecular formula is C10H8F2O4. The zero-order valence-electron chi connectivity index (χ0n) is 8.11. The van der Waals surface area contributed by atoms with Crippen LogP contribution in [0.25, 0.3) is 0 Å². The van der Waals surface area contributed by atoms with Crippen molar-refractivity contribution in [1.29, 1.82) is 0 Å². The summed E-state index contributed by atoms with van der Waals surface area (Å²) >= 11 is 0. The average molecular weight is 230 g/mol. The highest BCUT2D eigenvalue weighted by molar-refractivity contribution is 5.95. The Morgan fingerprint density at radius 2 is 1.44 bits per heavy atom. The van der Waals surface area contributed by atoms with E-state index in [4.69, 9.17) is 0 Å². The van der Waals surface area contributed by atoms with E-state index in [0.717, 1.165) is 6.07 Å². The molecule has 1 aromatic carbocycles. The smallest absolute Gasteiger partial charge is 0.340 e. The average Bonchev–Trinajstić information content (AvgIpc) is 2.30. The third kappa shape index (κ3) is 3.01. The van der Waals surface area contributed by atoms with Gasteiger partial charge < -0.3 is 9.47 Å². The van der Waals surface area contributed by atoms with Crippen LogP contribution in [-0.2, 0) is 9.47 Å². The molecule has 0 N–H and O–H groups in total. The lowest BCUT2D eigenvalue weighted by Gasteiger charge is -2.03. The number of ether oxygens (including phenoxy) is 2. The summed E-state index contributed by atoms with van der Waals surface area (Å²) in [6.07, 6.45) is 0. The van der Waals surface area contributed by atoms with E-state index in [1.54, 1.807) is 0 Å². The third-order valence-corrected chi connectivity index (χ3v) is 1.71. The summed E-state index contributed by atoms with van der Waals surface area (Å²) in [5.41, 5.74) is -0.0167. The Balaban J connectivity index is 2.86. The minimum Gasteiger partial charge on any atom is -0.430 e. The van der Waals surface area contributed by atoms with Crippen LogP contribution in [0.4, 0.5) is 8.78 Å². The summed E-state index contributed by atoms with van der Waals surface area (Å²) in [5.74, 6) is -1.81. The van der Waals surface area contributed by atoms with Crippen LogP contribution in [0.3, 0.4) is 0 Å². The number of esters is 2. The number of halogens is 2. The zero-order chi connectivity index (χ0) is 12.0. The largest absolute Gasteiger partial charge is 0.430 e. The van der Waals surface area contributed by atoms with Gasteiger partial charge in [0.05, 0.1) is 11.1 Å². The Labute approximate surface area is 89.8 Å². The number of alkyl halides is 2. The maximum absolute atomic E-state index is 11.7. The molecule has 0 saturated heterocycles. The fourth-order valence-electron chi connectivity index (χ4n) is 1.04. The Bertz CT molecular complexity index is 359. The van der Waals surface area contributed by atoms with E-state index in [1.165, 1.54) is 18.2 Å². The van der Waals surface area contributed by atoms with E-state index in [1.807, 2.05) is 0 Å². The predicted molar refractivity (Wildman–Crippen MR) is 49.2 cm³/mol. The molecule has 0 heterocycles. The van der Waals surface area contributed by atoms with Crippen LogP contribution in [0.15, 0.2) is 24.3 Å². The monoisotopic (exact) mass is 230 g/mol. The van der Waals surface area contributed by atoms with Gasteiger partial charge >= 0.3 is 11.9 Å². The summed E-state index contributed by atoms with van der Waals surface area (Å²) in [7, 11) is 0. The van der Waals surface area contributed by atoms with Crippen LogP contribution in [0.2, 0.25) is 0 Å². The maximum Gasteiger partial charge on any atom is 0.340 e. The molecule has 0 bridgehead atoms. The lowest BCUT2D eigenvalue weighted by Crippen LogP contribution is -2.08. The number of hydrogen-bond donors (Lipinski definition) is 0. The van der Waals surface area contributed by atoms with Gasteiger partial charge in [0.15, 0.2) is 0 Å². The topological polar surface area (TPSA) is 52.6 Å². The van der Waals surface area contributed by atoms with Crippen LogP contribution in [0.5, 0.6) is 0 Å². The molecule has 0 radical (unpaired) electrons. The van der Waals surface area contributed by atoms with Crippen molar-refractivity contribution in [3.05, 3.63) is 35.4 Å². The molecule has 0 aliphatic carbocycles. The Hall–Kier alpha value is -1.98. The predicted octanol–water partition coefficient (Wildman–Crippen LogP) is 1.85. The summed E-state index contributed by atoms with van der Waals surface area (Å²) in [5, 5.41) is 0. The first-order valence-corrected chi connectivity index (χ1v) is 4.25. The minimum atomic E-state index is -1.25. The standard InChI is InChI=1S/C10H8F2O4/c11-5-15-9(13)7-2-1-3-8(4-7)10(14)16-6-12/h1-4H,5-6H2. The van der Waals surface area contributed by atoms with Gasteiger partial charge in [-0.15, -0.1) is 0 Å². The molecule has 4 nitrogen and oxygen atoms in total. The Morgan fingerprint density at radius 3 is 1.81 bits per heavy atom. The normalized spacial score (nSPS) is 9.62. The summed E-state index contributed by atoms with van der Waals surface area (Å²) in [4.78, 5) is 22.2. The molecule has 0 spiro atoms. The highest BCUT2D eigenvalue weighted by Gasteiger charge is 2.12. The molecule has 0 aromatic heterocycles. The molecule has 0 unspecified atom stereocenters. The van der Waals surface area contributed by atoms with Crippen molar-refractivity contribution in [2.24, 2.45) is 0 Å². The van der Waals surface area contributed by atoms with Crippen molar-refractivity contribution in [2.75, 3.05) is 13.7 Å². The molecule has 6 heteroatoms. The van der Waals surface area contributed by atoms with E-state index in [2.05, 4.69) is 9.47 Å². The van der Waals surface area contributed by atoms with Gasteiger partial charge in [0.2, 0.25) is 13.7 Å². The van der Waals surface area contributed by atoms with Crippen molar-refractivity contribution in [2.45, 2.75) is 0 Å².